The van der Waals surface area contributed by atoms with Gasteiger partial charge in [-0.25, -0.2) is 14.8 Å². The Kier molecular flexibility index (Phi) is 3.94. The Bertz CT molecular complexity index is 475. The van der Waals surface area contributed by atoms with Gasteiger partial charge in [-0.15, -0.1) is 0 Å². The van der Waals surface area contributed by atoms with E-state index >= 15 is 0 Å². The fourth-order valence-electron chi connectivity index (χ4n) is 2.35. The van der Waals surface area contributed by atoms with Crippen LogP contribution in [0.4, 0.5) is 5.82 Å². The Morgan fingerprint density at radius 3 is 2.40 bits per heavy atom. The lowest BCUT2D eigenvalue weighted by Gasteiger charge is -2.40. The van der Waals surface area contributed by atoms with Gasteiger partial charge in [0, 0.05) is 6.54 Å². The Balaban J connectivity index is 1.90. The Hall–Kier alpha value is -1.69. The summed E-state index contributed by atoms with van der Waals surface area (Å²) >= 11 is 0. The highest BCUT2D eigenvalue weighted by Gasteiger charge is 2.36. The number of aliphatic hydroxyl groups is 1. The van der Waals surface area contributed by atoms with E-state index in [1.807, 2.05) is 0 Å². The molecule has 0 amide bonds. The minimum absolute atomic E-state index is 0.0892. The average Bonchev–Trinajstić information content (AvgIpc) is 2.41. The highest BCUT2D eigenvalue weighted by molar-refractivity contribution is 5.84. The van der Waals surface area contributed by atoms with Crippen LogP contribution in [0.15, 0.2) is 12.4 Å². The second-order valence-corrected chi connectivity index (χ2v) is 6.33. The minimum atomic E-state index is -1.10. The Morgan fingerprint density at radius 2 is 1.90 bits per heavy atom. The molecule has 6 nitrogen and oxygen atoms in total. The summed E-state index contributed by atoms with van der Waals surface area (Å²) in [6, 6.07) is 0. The number of nitrogens with zero attached hydrogens (tertiary/aromatic N) is 2. The summed E-state index contributed by atoms with van der Waals surface area (Å²) in [5.41, 5.74) is -0.508. The van der Waals surface area contributed by atoms with Gasteiger partial charge in [0.15, 0.2) is 5.69 Å². The molecule has 3 N–H and O–H groups in total. The number of nitrogens with one attached hydrogen (secondary N) is 1. The zero-order chi connectivity index (χ0) is 14.8. The van der Waals surface area contributed by atoms with E-state index in [1.165, 1.54) is 12.4 Å². The molecule has 1 aromatic heterocycles. The quantitative estimate of drug-likeness (QED) is 0.779. The van der Waals surface area contributed by atoms with Crippen molar-refractivity contribution < 1.29 is 15.0 Å². The molecule has 1 aromatic rings. The normalized spacial score (nSPS) is 20.4. The molecule has 1 saturated carbocycles. The van der Waals surface area contributed by atoms with Crippen molar-refractivity contribution in [2.24, 2.45) is 5.41 Å². The highest BCUT2D eigenvalue weighted by atomic mass is 16.4. The first-order valence-corrected chi connectivity index (χ1v) is 6.81. The van der Waals surface area contributed by atoms with Crippen LogP contribution < -0.4 is 5.32 Å². The summed E-state index contributed by atoms with van der Waals surface area (Å²) in [5.74, 6) is -0.620. The SMILES string of the molecule is CC1(C)CCC(O)(CNc2cnc(C(=O)O)cn2)CC1. The molecule has 0 atom stereocenters. The summed E-state index contributed by atoms with van der Waals surface area (Å²) in [6.45, 7) is 4.84. The van der Waals surface area contributed by atoms with Gasteiger partial charge in [-0.3, -0.25) is 0 Å². The van der Waals surface area contributed by atoms with Gasteiger partial charge in [0.05, 0.1) is 18.0 Å². The van der Waals surface area contributed by atoms with E-state index in [0.29, 0.717) is 17.8 Å². The van der Waals surface area contributed by atoms with Crippen LogP contribution in [0.25, 0.3) is 0 Å². The number of rotatable bonds is 4. The molecule has 20 heavy (non-hydrogen) atoms. The maximum absolute atomic E-state index is 10.7. The molecule has 1 heterocycles. The van der Waals surface area contributed by atoms with Crippen molar-refractivity contribution in [3.8, 4) is 0 Å². The van der Waals surface area contributed by atoms with E-state index in [9.17, 15) is 9.90 Å². The van der Waals surface area contributed by atoms with Crippen LogP contribution in [-0.2, 0) is 0 Å². The van der Waals surface area contributed by atoms with Gasteiger partial charge in [-0.1, -0.05) is 13.8 Å². The maximum Gasteiger partial charge on any atom is 0.356 e. The number of anilines is 1. The van der Waals surface area contributed by atoms with Crippen LogP contribution in [0.1, 0.15) is 50.0 Å². The summed E-state index contributed by atoms with van der Waals surface area (Å²) in [5, 5.41) is 22.3. The van der Waals surface area contributed by atoms with Crippen molar-refractivity contribution in [1.29, 1.82) is 0 Å². The van der Waals surface area contributed by atoms with Gasteiger partial charge in [-0.2, -0.15) is 0 Å². The molecule has 0 aromatic carbocycles. The number of aromatic nitrogens is 2. The molecule has 2 rings (SSSR count). The van der Waals surface area contributed by atoms with Gasteiger partial charge in [-0.05, 0) is 31.1 Å². The third kappa shape index (κ3) is 3.66. The van der Waals surface area contributed by atoms with Crippen molar-refractivity contribution in [3.63, 3.8) is 0 Å². The van der Waals surface area contributed by atoms with Crippen LogP contribution in [0, 0.1) is 5.41 Å². The molecular formula is C14H21N3O3. The zero-order valence-electron chi connectivity index (χ0n) is 11.9. The molecule has 1 aliphatic rings. The van der Waals surface area contributed by atoms with E-state index in [1.54, 1.807) is 0 Å². The number of carboxylic acid groups (broad SMARTS) is 1. The number of hydrogen-bond acceptors (Lipinski definition) is 5. The summed E-state index contributed by atoms with van der Waals surface area (Å²) in [6.07, 6.45) is 6.09. The van der Waals surface area contributed by atoms with Crippen LogP contribution in [0.2, 0.25) is 0 Å². The number of carbonyl (C=O) groups is 1. The third-order valence-corrected chi connectivity index (χ3v) is 4.00. The minimum Gasteiger partial charge on any atom is -0.476 e. The van der Waals surface area contributed by atoms with Crippen LogP contribution in [0.3, 0.4) is 0 Å². The van der Waals surface area contributed by atoms with Crippen molar-refractivity contribution in [2.75, 3.05) is 11.9 Å². The van der Waals surface area contributed by atoms with E-state index in [0.717, 1.165) is 25.7 Å². The second-order valence-electron chi connectivity index (χ2n) is 6.33. The molecule has 1 fully saturated rings. The molecule has 0 saturated heterocycles. The van der Waals surface area contributed by atoms with E-state index in [2.05, 4.69) is 29.1 Å². The molecule has 110 valence electrons. The van der Waals surface area contributed by atoms with Gasteiger partial charge in [0.1, 0.15) is 5.82 Å². The first-order valence-electron chi connectivity index (χ1n) is 6.81. The molecule has 0 unspecified atom stereocenters. The first-order chi connectivity index (χ1) is 9.30. The first kappa shape index (κ1) is 14.7. The van der Waals surface area contributed by atoms with Crippen LogP contribution in [-0.4, -0.2) is 38.3 Å². The predicted octanol–water partition coefficient (Wildman–Crippen LogP) is 1.92. The fraction of sp³-hybridized carbons (Fsp3) is 0.643. The van der Waals surface area contributed by atoms with Crippen LogP contribution in [0.5, 0.6) is 0 Å². The largest absolute Gasteiger partial charge is 0.476 e. The molecule has 0 bridgehead atoms. The third-order valence-electron chi connectivity index (χ3n) is 4.00. The van der Waals surface area contributed by atoms with Gasteiger partial charge in [0.2, 0.25) is 0 Å². The fourth-order valence-corrected chi connectivity index (χ4v) is 2.35. The Labute approximate surface area is 118 Å². The monoisotopic (exact) mass is 279 g/mol. The molecule has 0 aliphatic heterocycles. The average molecular weight is 279 g/mol. The number of aromatic carboxylic acids is 1. The lowest BCUT2D eigenvalue weighted by Crippen LogP contribution is -2.42. The number of hydrogen-bond donors (Lipinski definition) is 3. The molecule has 6 heteroatoms. The summed E-state index contributed by atoms with van der Waals surface area (Å²) < 4.78 is 0. The smallest absolute Gasteiger partial charge is 0.356 e. The number of carboxylic acids is 1. The van der Waals surface area contributed by atoms with Gasteiger partial charge < -0.3 is 15.5 Å². The lowest BCUT2D eigenvalue weighted by atomic mass is 9.71. The molecule has 0 radical (unpaired) electrons. The highest BCUT2D eigenvalue weighted by Crippen LogP contribution is 2.40. The second kappa shape index (κ2) is 5.36. The molecule has 0 spiro atoms. The Morgan fingerprint density at radius 1 is 1.25 bits per heavy atom. The standard InChI is InChI=1S/C14H21N3O3/c1-13(2)3-5-14(20,6-4-13)9-17-11-8-15-10(7-16-11)12(18)19/h7-8,20H,3-6,9H2,1-2H3,(H,16,17)(H,18,19). The van der Waals surface area contributed by atoms with E-state index in [4.69, 9.17) is 5.11 Å². The van der Waals surface area contributed by atoms with Crippen molar-refractivity contribution in [3.05, 3.63) is 18.1 Å². The molecule has 1 aliphatic carbocycles. The van der Waals surface area contributed by atoms with Crippen molar-refractivity contribution in [1.82, 2.24) is 9.97 Å². The summed E-state index contributed by atoms with van der Waals surface area (Å²) in [7, 11) is 0. The van der Waals surface area contributed by atoms with Crippen molar-refractivity contribution in [2.45, 2.75) is 45.1 Å². The zero-order valence-corrected chi connectivity index (χ0v) is 11.9. The topological polar surface area (TPSA) is 95.3 Å². The van der Waals surface area contributed by atoms with E-state index < -0.39 is 11.6 Å². The van der Waals surface area contributed by atoms with Gasteiger partial charge >= 0.3 is 5.97 Å². The predicted molar refractivity (Wildman–Crippen MR) is 74.7 cm³/mol. The molecular weight excluding hydrogens is 258 g/mol. The maximum atomic E-state index is 10.7. The van der Waals surface area contributed by atoms with Crippen molar-refractivity contribution >= 4 is 11.8 Å². The van der Waals surface area contributed by atoms with Crippen LogP contribution >= 0.6 is 0 Å². The summed E-state index contributed by atoms with van der Waals surface area (Å²) in [4.78, 5) is 18.4. The lowest BCUT2D eigenvalue weighted by molar-refractivity contribution is -0.0146. The van der Waals surface area contributed by atoms with E-state index in [-0.39, 0.29) is 5.69 Å². The van der Waals surface area contributed by atoms with Gasteiger partial charge in [0.25, 0.3) is 0 Å².